The molecule has 1 fully saturated rings. The van der Waals surface area contributed by atoms with Crippen molar-refractivity contribution in [3.8, 4) is 0 Å². The number of nitrogens with one attached hydrogen (secondary N) is 1. The molecule has 4 nitrogen and oxygen atoms in total. The number of carbonyl (C=O) groups excluding carboxylic acids is 1. The second kappa shape index (κ2) is 3.51. The summed E-state index contributed by atoms with van der Waals surface area (Å²) in [5, 5.41) is 2.79. The summed E-state index contributed by atoms with van der Waals surface area (Å²) < 4.78 is 5.16. The van der Waals surface area contributed by atoms with Crippen molar-refractivity contribution in [2.75, 3.05) is 13.1 Å². The molecule has 4 heteroatoms. The molecule has 1 N–H and O–H groups in total. The van der Waals surface area contributed by atoms with Crippen LogP contribution in [0.15, 0.2) is 22.8 Å². The molecule has 1 aliphatic heterocycles. The zero-order valence-corrected chi connectivity index (χ0v) is 7.32. The first-order chi connectivity index (χ1) is 6.36. The Hall–Kier alpha value is -1.45. The summed E-state index contributed by atoms with van der Waals surface area (Å²) in [6, 6.07) is 3.71. The van der Waals surface area contributed by atoms with Gasteiger partial charge >= 0.3 is 6.03 Å². The zero-order valence-electron chi connectivity index (χ0n) is 7.32. The molecule has 0 radical (unpaired) electrons. The van der Waals surface area contributed by atoms with Crippen LogP contribution in [0.25, 0.3) is 0 Å². The van der Waals surface area contributed by atoms with E-state index in [1.165, 1.54) is 0 Å². The first-order valence-corrected chi connectivity index (χ1v) is 4.41. The fourth-order valence-corrected chi connectivity index (χ4v) is 1.42. The van der Waals surface area contributed by atoms with Gasteiger partial charge in [0.15, 0.2) is 0 Å². The Morgan fingerprint density at radius 2 is 2.54 bits per heavy atom. The predicted octanol–water partition coefficient (Wildman–Crippen LogP) is 1.19. The predicted molar refractivity (Wildman–Crippen MR) is 47.1 cm³/mol. The van der Waals surface area contributed by atoms with E-state index in [2.05, 4.69) is 5.32 Å². The van der Waals surface area contributed by atoms with Crippen LogP contribution in [0.5, 0.6) is 0 Å². The van der Waals surface area contributed by atoms with Gasteiger partial charge in [0.05, 0.1) is 12.8 Å². The maximum absolute atomic E-state index is 11.3. The van der Waals surface area contributed by atoms with E-state index in [0.717, 1.165) is 25.3 Å². The highest BCUT2D eigenvalue weighted by Crippen LogP contribution is 2.07. The molecule has 0 aliphatic carbocycles. The lowest BCUT2D eigenvalue weighted by molar-refractivity contribution is 0.178. The number of rotatable bonds is 2. The maximum atomic E-state index is 11.3. The molecule has 1 aromatic rings. The standard InChI is InChI=1S/C9H12N2O2/c12-9-10-4-2-5-11(9)7-8-3-1-6-13-8/h1,3,6H,2,4-5,7H2,(H,10,12). The van der Waals surface area contributed by atoms with Crippen molar-refractivity contribution in [1.29, 1.82) is 0 Å². The fourth-order valence-electron chi connectivity index (χ4n) is 1.42. The minimum Gasteiger partial charge on any atom is -0.467 e. The van der Waals surface area contributed by atoms with Crippen molar-refractivity contribution in [2.24, 2.45) is 0 Å². The smallest absolute Gasteiger partial charge is 0.317 e. The van der Waals surface area contributed by atoms with Gasteiger partial charge in [-0.25, -0.2) is 4.79 Å². The fraction of sp³-hybridized carbons (Fsp3) is 0.444. The van der Waals surface area contributed by atoms with Crippen LogP contribution < -0.4 is 5.32 Å². The van der Waals surface area contributed by atoms with Crippen molar-refractivity contribution in [3.63, 3.8) is 0 Å². The van der Waals surface area contributed by atoms with E-state index in [4.69, 9.17) is 4.42 Å². The zero-order chi connectivity index (χ0) is 9.10. The summed E-state index contributed by atoms with van der Waals surface area (Å²) in [4.78, 5) is 13.0. The Bertz CT molecular complexity index is 282. The number of furan rings is 1. The number of hydrogen-bond acceptors (Lipinski definition) is 2. The van der Waals surface area contributed by atoms with Crippen LogP contribution >= 0.6 is 0 Å². The Morgan fingerprint density at radius 3 is 3.23 bits per heavy atom. The number of amides is 2. The molecule has 13 heavy (non-hydrogen) atoms. The van der Waals surface area contributed by atoms with Crippen LogP contribution in [-0.4, -0.2) is 24.0 Å². The average molecular weight is 180 g/mol. The van der Waals surface area contributed by atoms with Crippen molar-refractivity contribution in [3.05, 3.63) is 24.2 Å². The third-order valence-corrected chi connectivity index (χ3v) is 2.10. The highest BCUT2D eigenvalue weighted by Gasteiger charge is 2.17. The minimum absolute atomic E-state index is 0.00245. The van der Waals surface area contributed by atoms with E-state index in [1.54, 1.807) is 11.2 Å². The van der Waals surface area contributed by atoms with Crippen LogP contribution in [0.4, 0.5) is 4.79 Å². The molecule has 0 saturated carbocycles. The van der Waals surface area contributed by atoms with Crippen LogP contribution in [-0.2, 0) is 6.54 Å². The largest absolute Gasteiger partial charge is 0.467 e. The third-order valence-electron chi connectivity index (χ3n) is 2.10. The summed E-state index contributed by atoms with van der Waals surface area (Å²) in [5.41, 5.74) is 0. The van der Waals surface area contributed by atoms with Crippen LogP contribution in [0.3, 0.4) is 0 Å². The summed E-state index contributed by atoms with van der Waals surface area (Å²) in [6.07, 6.45) is 2.63. The Balaban J connectivity index is 1.97. The summed E-state index contributed by atoms with van der Waals surface area (Å²) in [6.45, 7) is 2.17. The van der Waals surface area contributed by atoms with Gasteiger partial charge < -0.3 is 14.6 Å². The van der Waals surface area contributed by atoms with Gasteiger partial charge in [0, 0.05) is 13.1 Å². The monoisotopic (exact) mass is 180 g/mol. The van der Waals surface area contributed by atoms with Gasteiger partial charge in [-0.3, -0.25) is 0 Å². The Kier molecular flexibility index (Phi) is 2.21. The topological polar surface area (TPSA) is 45.5 Å². The molecule has 1 aromatic heterocycles. The number of nitrogens with zero attached hydrogens (tertiary/aromatic N) is 1. The van der Waals surface area contributed by atoms with Crippen LogP contribution in [0, 0.1) is 0 Å². The second-order valence-corrected chi connectivity index (χ2v) is 3.09. The molecular weight excluding hydrogens is 168 g/mol. The molecule has 0 bridgehead atoms. The molecule has 0 aromatic carbocycles. The highest BCUT2D eigenvalue weighted by atomic mass is 16.3. The lowest BCUT2D eigenvalue weighted by Crippen LogP contribution is -2.45. The lowest BCUT2D eigenvalue weighted by atomic mass is 10.3. The van der Waals surface area contributed by atoms with Gasteiger partial charge in [0.1, 0.15) is 5.76 Å². The molecule has 2 rings (SSSR count). The van der Waals surface area contributed by atoms with E-state index in [-0.39, 0.29) is 6.03 Å². The van der Waals surface area contributed by atoms with E-state index in [0.29, 0.717) is 6.54 Å². The van der Waals surface area contributed by atoms with Crippen molar-refractivity contribution >= 4 is 6.03 Å². The van der Waals surface area contributed by atoms with E-state index in [1.807, 2.05) is 12.1 Å². The summed E-state index contributed by atoms with van der Waals surface area (Å²) >= 11 is 0. The van der Waals surface area contributed by atoms with Gasteiger partial charge in [-0.15, -0.1) is 0 Å². The number of carbonyl (C=O) groups is 1. The quantitative estimate of drug-likeness (QED) is 0.743. The first kappa shape index (κ1) is 8.16. The van der Waals surface area contributed by atoms with Crippen LogP contribution in [0.2, 0.25) is 0 Å². The molecule has 2 amide bonds. The SMILES string of the molecule is O=C1NCCCN1Cc1ccco1. The van der Waals surface area contributed by atoms with Gasteiger partial charge in [-0.2, -0.15) is 0 Å². The molecule has 1 aliphatic rings. The molecule has 70 valence electrons. The van der Waals surface area contributed by atoms with E-state index < -0.39 is 0 Å². The minimum atomic E-state index is 0.00245. The summed E-state index contributed by atoms with van der Waals surface area (Å²) in [5.74, 6) is 0.831. The average Bonchev–Trinajstić information content (AvgIpc) is 2.61. The number of urea groups is 1. The molecule has 1 saturated heterocycles. The van der Waals surface area contributed by atoms with Crippen LogP contribution in [0.1, 0.15) is 12.2 Å². The van der Waals surface area contributed by atoms with Gasteiger partial charge in [0.2, 0.25) is 0 Å². The van der Waals surface area contributed by atoms with Gasteiger partial charge in [0.25, 0.3) is 0 Å². The second-order valence-electron chi connectivity index (χ2n) is 3.09. The normalized spacial score (nSPS) is 17.2. The van der Waals surface area contributed by atoms with E-state index in [9.17, 15) is 4.79 Å². The molecule has 0 atom stereocenters. The van der Waals surface area contributed by atoms with Crippen molar-refractivity contribution < 1.29 is 9.21 Å². The maximum Gasteiger partial charge on any atom is 0.317 e. The van der Waals surface area contributed by atoms with Gasteiger partial charge in [-0.1, -0.05) is 0 Å². The highest BCUT2D eigenvalue weighted by molar-refractivity contribution is 5.74. The van der Waals surface area contributed by atoms with Gasteiger partial charge in [-0.05, 0) is 18.6 Å². The first-order valence-electron chi connectivity index (χ1n) is 4.41. The van der Waals surface area contributed by atoms with Crippen molar-refractivity contribution in [1.82, 2.24) is 10.2 Å². The Morgan fingerprint density at radius 1 is 1.62 bits per heavy atom. The van der Waals surface area contributed by atoms with Crippen molar-refractivity contribution in [2.45, 2.75) is 13.0 Å². The molecular formula is C9H12N2O2. The molecule has 0 spiro atoms. The Labute approximate surface area is 76.5 Å². The number of hydrogen-bond donors (Lipinski definition) is 1. The summed E-state index contributed by atoms with van der Waals surface area (Å²) in [7, 11) is 0. The lowest BCUT2D eigenvalue weighted by Gasteiger charge is -2.26. The molecule has 2 heterocycles. The molecule has 0 unspecified atom stereocenters. The third kappa shape index (κ3) is 1.83. The van der Waals surface area contributed by atoms with E-state index >= 15 is 0 Å².